The molecule has 1 spiro atoms. The number of nitrogens with one attached hydrogen (secondary N) is 3. The lowest BCUT2D eigenvalue weighted by Crippen LogP contribution is -2.61. The van der Waals surface area contributed by atoms with E-state index in [4.69, 9.17) is 0 Å². The van der Waals surface area contributed by atoms with E-state index in [2.05, 4.69) is 70.2 Å². The molecule has 3 aliphatic rings. The van der Waals surface area contributed by atoms with Gasteiger partial charge in [-0.1, -0.05) is 87.1 Å². The van der Waals surface area contributed by atoms with Crippen molar-refractivity contribution in [1.82, 2.24) is 15.6 Å². The first-order valence-corrected chi connectivity index (χ1v) is 13.0. The first-order valence-electron chi connectivity index (χ1n) is 13.0. The monoisotopic (exact) mass is 441 g/mol. The highest BCUT2D eigenvalue weighted by Crippen LogP contribution is 2.49. The minimum Gasteiger partial charge on any atom is -0.357 e. The van der Waals surface area contributed by atoms with Gasteiger partial charge in [-0.25, -0.2) is 0 Å². The molecule has 0 radical (unpaired) electrons. The van der Waals surface area contributed by atoms with Crippen molar-refractivity contribution in [3.05, 3.63) is 71.4 Å². The zero-order valence-corrected chi connectivity index (χ0v) is 19.4. The van der Waals surface area contributed by atoms with Crippen molar-refractivity contribution in [3.63, 3.8) is 0 Å². The van der Waals surface area contributed by atoms with Gasteiger partial charge in [-0.3, -0.25) is 10.1 Å². The molecule has 0 saturated heterocycles. The van der Waals surface area contributed by atoms with E-state index in [9.17, 15) is 4.79 Å². The van der Waals surface area contributed by atoms with Crippen molar-refractivity contribution in [2.45, 2.75) is 87.7 Å². The van der Waals surface area contributed by atoms with Crippen LogP contribution in [0.15, 0.2) is 54.6 Å². The molecular weight excluding hydrogens is 406 g/mol. The number of amides is 1. The molecular formula is C29H35N3O. The molecule has 3 aromatic rings. The third kappa shape index (κ3) is 3.69. The Morgan fingerprint density at radius 2 is 1.55 bits per heavy atom. The number of hydrogen-bond donors (Lipinski definition) is 3. The molecule has 33 heavy (non-hydrogen) atoms. The van der Waals surface area contributed by atoms with Crippen LogP contribution in [0, 0.1) is 0 Å². The van der Waals surface area contributed by atoms with Gasteiger partial charge in [-0.2, -0.15) is 0 Å². The first-order chi connectivity index (χ1) is 16.3. The van der Waals surface area contributed by atoms with Gasteiger partial charge in [0.25, 0.3) is 0 Å². The highest BCUT2D eigenvalue weighted by molar-refractivity contribution is 5.91. The summed E-state index contributed by atoms with van der Waals surface area (Å²) in [5, 5.41) is 8.72. The van der Waals surface area contributed by atoms with Crippen molar-refractivity contribution in [1.29, 1.82) is 0 Å². The fraction of sp³-hybridized carbons (Fsp3) is 0.483. The summed E-state index contributed by atoms with van der Waals surface area (Å²) in [5.41, 5.74) is 4.90. The van der Waals surface area contributed by atoms with Crippen LogP contribution >= 0.6 is 0 Å². The average molecular weight is 442 g/mol. The predicted molar refractivity (Wildman–Crippen MR) is 133 cm³/mol. The summed E-state index contributed by atoms with van der Waals surface area (Å²) >= 11 is 0. The SMILES string of the molecule is O=C(NC1CCCCC1)[C@@H]1NC2(CCCCC2)c2[nH]c3ccccc3c2[C@@H]1c1ccccc1. The van der Waals surface area contributed by atoms with E-state index >= 15 is 0 Å². The van der Waals surface area contributed by atoms with E-state index in [1.54, 1.807) is 0 Å². The third-order valence-corrected chi connectivity index (χ3v) is 8.40. The van der Waals surface area contributed by atoms with Gasteiger partial charge in [0.15, 0.2) is 0 Å². The lowest BCUT2D eigenvalue weighted by molar-refractivity contribution is -0.125. The molecule has 0 bridgehead atoms. The Balaban J connectivity index is 1.50. The largest absolute Gasteiger partial charge is 0.357 e. The highest BCUT2D eigenvalue weighted by Gasteiger charge is 2.49. The molecule has 0 unspecified atom stereocenters. The molecule has 4 heteroatoms. The Bertz CT molecular complexity index is 1120. The molecule has 1 amide bonds. The number of rotatable bonds is 3. The summed E-state index contributed by atoms with van der Waals surface area (Å²) in [5.74, 6) is 0.171. The van der Waals surface area contributed by atoms with E-state index in [0.29, 0.717) is 6.04 Å². The van der Waals surface area contributed by atoms with Crippen LogP contribution in [0.1, 0.15) is 86.9 Å². The van der Waals surface area contributed by atoms with E-state index in [1.807, 2.05) is 0 Å². The molecule has 4 nitrogen and oxygen atoms in total. The lowest BCUT2D eigenvalue weighted by Gasteiger charge is -2.47. The number of hydrogen-bond acceptors (Lipinski definition) is 2. The van der Waals surface area contributed by atoms with Crippen molar-refractivity contribution < 1.29 is 4.79 Å². The molecule has 172 valence electrons. The Kier molecular flexibility index (Phi) is 5.49. The van der Waals surface area contributed by atoms with Gasteiger partial charge < -0.3 is 10.3 Å². The van der Waals surface area contributed by atoms with E-state index in [-0.39, 0.29) is 23.4 Å². The summed E-state index contributed by atoms with van der Waals surface area (Å²) in [6.45, 7) is 0. The molecule has 3 N–H and O–H groups in total. The number of aromatic amines is 1. The van der Waals surface area contributed by atoms with Gasteiger partial charge in [-0.15, -0.1) is 0 Å². The van der Waals surface area contributed by atoms with E-state index in [1.165, 1.54) is 66.2 Å². The second-order valence-electron chi connectivity index (χ2n) is 10.5. The number of H-pyrrole nitrogens is 1. The summed E-state index contributed by atoms with van der Waals surface area (Å²) in [4.78, 5) is 17.8. The average Bonchev–Trinajstić information content (AvgIpc) is 3.26. The molecule has 2 aromatic carbocycles. The predicted octanol–water partition coefficient (Wildman–Crippen LogP) is 5.88. The van der Waals surface area contributed by atoms with E-state index < -0.39 is 0 Å². The molecule has 1 aliphatic heterocycles. The maximum atomic E-state index is 14.0. The number of benzene rings is 2. The van der Waals surface area contributed by atoms with Gasteiger partial charge in [0.1, 0.15) is 0 Å². The van der Waals surface area contributed by atoms with Gasteiger partial charge in [-0.05, 0) is 42.9 Å². The second-order valence-corrected chi connectivity index (χ2v) is 10.5. The summed E-state index contributed by atoms with van der Waals surface area (Å²) in [6.07, 6.45) is 11.8. The number of carbonyl (C=O) groups is 1. The van der Waals surface area contributed by atoms with Crippen LogP contribution in [0.3, 0.4) is 0 Å². The number of fused-ring (bicyclic) bond motifs is 4. The molecule has 2 atom stereocenters. The lowest BCUT2D eigenvalue weighted by atomic mass is 9.69. The van der Waals surface area contributed by atoms with Crippen LogP contribution in [0.25, 0.3) is 10.9 Å². The number of carbonyl (C=O) groups excluding carboxylic acids is 1. The van der Waals surface area contributed by atoms with Gasteiger partial charge >= 0.3 is 0 Å². The second kappa shape index (κ2) is 8.64. The summed E-state index contributed by atoms with van der Waals surface area (Å²) in [6, 6.07) is 19.4. The van der Waals surface area contributed by atoms with Crippen molar-refractivity contribution in [2.24, 2.45) is 0 Å². The number of para-hydroxylation sites is 1. The smallest absolute Gasteiger partial charge is 0.238 e. The van der Waals surface area contributed by atoms with Gasteiger partial charge in [0.05, 0.1) is 11.6 Å². The van der Waals surface area contributed by atoms with Gasteiger partial charge in [0, 0.05) is 28.6 Å². The van der Waals surface area contributed by atoms with Crippen molar-refractivity contribution >= 4 is 16.8 Å². The molecule has 2 heterocycles. The normalized spacial score (nSPS) is 25.1. The Morgan fingerprint density at radius 3 is 2.33 bits per heavy atom. The third-order valence-electron chi connectivity index (χ3n) is 8.40. The zero-order valence-electron chi connectivity index (χ0n) is 19.4. The number of aromatic nitrogens is 1. The Hall–Kier alpha value is -2.59. The fourth-order valence-electron chi connectivity index (χ4n) is 6.81. The zero-order chi connectivity index (χ0) is 22.3. The summed E-state index contributed by atoms with van der Waals surface area (Å²) < 4.78 is 0. The van der Waals surface area contributed by atoms with Crippen LogP contribution in [0.4, 0.5) is 0 Å². The molecule has 2 saturated carbocycles. The van der Waals surface area contributed by atoms with Crippen LogP contribution < -0.4 is 10.6 Å². The highest BCUT2D eigenvalue weighted by atomic mass is 16.2. The molecule has 1 aromatic heterocycles. The fourth-order valence-corrected chi connectivity index (χ4v) is 6.81. The minimum absolute atomic E-state index is 0.00603. The molecule has 6 rings (SSSR count). The Morgan fingerprint density at radius 1 is 0.848 bits per heavy atom. The van der Waals surface area contributed by atoms with Crippen LogP contribution in [0.2, 0.25) is 0 Å². The van der Waals surface area contributed by atoms with Crippen LogP contribution in [-0.4, -0.2) is 23.0 Å². The Labute approximate surface area is 196 Å². The molecule has 2 aliphatic carbocycles. The van der Waals surface area contributed by atoms with Crippen molar-refractivity contribution in [3.8, 4) is 0 Å². The van der Waals surface area contributed by atoms with Crippen molar-refractivity contribution in [2.75, 3.05) is 0 Å². The van der Waals surface area contributed by atoms with Crippen LogP contribution in [0.5, 0.6) is 0 Å². The topological polar surface area (TPSA) is 56.9 Å². The first kappa shape index (κ1) is 21.0. The summed E-state index contributed by atoms with van der Waals surface area (Å²) in [7, 11) is 0. The maximum absolute atomic E-state index is 14.0. The standard InChI is InChI=1S/C29H35N3O/c33-28(30-21-14-6-2-7-15-21)26-24(20-12-4-1-5-13-20)25-22-16-8-9-17-23(22)31-27(25)29(32-26)18-10-3-11-19-29/h1,4-5,8-9,12-13,16-17,21,24,26,31-32H,2-3,6-7,10-11,14-15,18-19H2,(H,30,33)/t24-,26+/m0/s1. The van der Waals surface area contributed by atoms with Gasteiger partial charge in [0.2, 0.25) is 5.91 Å². The quantitative estimate of drug-likeness (QED) is 0.475. The van der Waals surface area contributed by atoms with Crippen LogP contribution in [-0.2, 0) is 10.3 Å². The van der Waals surface area contributed by atoms with E-state index in [0.717, 1.165) is 25.7 Å². The maximum Gasteiger partial charge on any atom is 0.238 e. The molecule has 2 fully saturated rings. The minimum atomic E-state index is -0.265.